The van der Waals surface area contributed by atoms with Gasteiger partial charge in [0.2, 0.25) is 11.1 Å². The number of carbonyl (C=O) groups excluding carboxylic acids is 1. The summed E-state index contributed by atoms with van der Waals surface area (Å²) in [5.74, 6) is 0.937. The van der Waals surface area contributed by atoms with Crippen molar-refractivity contribution >= 4 is 34.7 Å². The van der Waals surface area contributed by atoms with Gasteiger partial charge >= 0.3 is 0 Å². The Morgan fingerprint density at radius 2 is 2.17 bits per heavy atom. The molecule has 0 saturated heterocycles. The van der Waals surface area contributed by atoms with Crippen LogP contribution in [0.1, 0.15) is 11.1 Å². The number of hydrogen-bond donors (Lipinski definition) is 2. The largest absolute Gasteiger partial charge is 0.325 e. The Kier molecular flexibility index (Phi) is 4.78. The molecule has 0 atom stereocenters. The number of thioether (sulfide) groups is 1. The zero-order chi connectivity index (χ0) is 16.2. The summed E-state index contributed by atoms with van der Waals surface area (Å²) in [5.41, 5.74) is 3.18. The van der Waals surface area contributed by atoms with Crippen LogP contribution in [-0.2, 0) is 4.79 Å². The van der Waals surface area contributed by atoms with Crippen molar-refractivity contribution in [1.82, 2.24) is 15.2 Å². The third-order valence-corrected chi connectivity index (χ3v) is 5.07. The normalized spacial score (nSPS) is 10.7. The molecule has 0 aliphatic carbocycles. The van der Waals surface area contributed by atoms with E-state index in [0.29, 0.717) is 5.16 Å². The summed E-state index contributed by atoms with van der Waals surface area (Å²) in [6.45, 7) is 4.07. The second-order valence-electron chi connectivity index (χ2n) is 5.08. The summed E-state index contributed by atoms with van der Waals surface area (Å²) < 4.78 is 0. The molecule has 2 heterocycles. The third kappa shape index (κ3) is 4.00. The summed E-state index contributed by atoms with van der Waals surface area (Å²) in [6, 6.07) is 9.82. The Bertz CT molecular complexity index is 811. The van der Waals surface area contributed by atoms with Gasteiger partial charge in [-0.15, -0.1) is 16.4 Å². The smallest absolute Gasteiger partial charge is 0.234 e. The van der Waals surface area contributed by atoms with E-state index >= 15 is 0 Å². The monoisotopic (exact) mass is 344 g/mol. The van der Waals surface area contributed by atoms with E-state index in [1.807, 2.05) is 49.6 Å². The Balaban J connectivity index is 1.55. The van der Waals surface area contributed by atoms with Gasteiger partial charge in [-0.3, -0.25) is 9.89 Å². The number of benzene rings is 1. The number of anilines is 1. The lowest BCUT2D eigenvalue weighted by atomic mass is 10.1. The Labute approximate surface area is 142 Å². The maximum atomic E-state index is 12.0. The van der Waals surface area contributed by atoms with Crippen LogP contribution in [0.5, 0.6) is 0 Å². The van der Waals surface area contributed by atoms with Gasteiger partial charge in [-0.05, 0) is 48.6 Å². The topological polar surface area (TPSA) is 70.7 Å². The fourth-order valence-electron chi connectivity index (χ4n) is 1.98. The highest BCUT2D eigenvalue weighted by Gasteiger charge is 2.10. The average Bonchev–Trinajstić information content (AvgIpc) is 3.19. The van der Waals surface area contributed by atoms with Crippen molar-refractivity contribution in [2.45, 2.75) is 19.0 Å². The fraction of sp³-hybridized carbons (Fsp3) is 0.188. The van der Waals surface area contributed by atoms with Gasteiger partial charge in [-0.1, -0.05) is 23.9 Å². The first-order chi connectivity index (χ1) is 11.1. The Morgan fingerprint density at radius 3 is 2.91 bits per heavy atom. The lowest BCUT2D eigenvalue weighted by molar-refractivity contribution is -0.113. The molecule has 0 bridgehead atoms. The maximum Gasteiger partial charge on any atom is 0.234 e. The summed E-state index contributed by atoms with van der Waals surface area (Å²) in [6.07, 6.45) is 0. The summed E-state index contributed by atoms with van der Waals surface area (Å²) in [7, 11) is 0. The first-order valence-electron chi connectivity index (χ1n) is 7.08. The van der Waals surface area contributed by atoms with Crippen molar-refractivity contribution < 1.29 is 4.79 Å². The quantitative estimate of drug-likeness (QED) is 0.689. The molecular formula is C16H16N4OS2. The molecular weight excluding hydrogens is 328 g/mol. The highest BCUT2D eigenvalue weighted by molar-refractivity contribution is 7.99. The van der Waals surface area contributed by atoms with Crippen LogP contribution in [0, 0.1) is 13.8 Å². The number of aromatic nitrogens is 3. The molecule has 0 radical (unpaired) electrons. The van der Waals surface area contributed by atoms with Crippen LogP contribution in [0.2, 0.25) is 0 Å². The minimum Gasteiger partial charge on any atom is -0.325 e. The van der Waals surface area contributed by atoms with E-state index < -0.39 is 0 Å². The van der Waals surface area contributed by atoms with Crippen molar-refractivity contribution in [3.05, 3.63) is 46.8 Å². The van der Waals surface area contributed by atoms with Crippen LogP contribution in [0.25, 0.3) is 10.7 Å². The molecule has 1 aromatic carbocycles. The van der Waals surface area contributed by atoms with E-state index in [0.717, 1.165) is 22.0 Å². The van der Waals surface area contributed by atoms with Gasteiger partial charge in [0.1, 0.15) is 0 Å². The molecule has 1 amide bonds. The van der Waals surface area contributed by atoms with E-state index in [2.05, 4.69) is 20.5 Å². The molecule has 0 unspecified atom stereocenters. The second-order valence-corrected chi connectivity index (χ2v) is 6.97. The number of thiophene rings is 1. The lowest BCUT2D eigenvalue weighted by Crippen LogP contribution is -2.14. The minimum atomic E-state index is -0.0688. The van der Waals surface area contributed by atoms with Crippen molar-refractivity contribution in [2.24, 2.45) is 0 Å². The van der Waals surface area contributed by atoms with E-state index in [4.69, 9.17) is 0 Å². The second kappa shape index (κ2) is 6.97. The molecule has 2 N–H and O–H groups in total. The number of carbonyl (C=O) groups is 1. The number of hydrogen-bond acceptors (Lipinski definition) is 5. The van der Waals surface area contributed by atoms with Crippen LogP contribution in [0.15, 0.2) is 40.9 Å². The molecule has 7 heteroatoms. The predicted molar refractivity (Wildman–Crippen MR) is 95.0 cm³/mol. The maximum absolute atomic E-state index is 12.0. The van der Waals surface area contributed by atoms with Crippen LogP contribution in [0.3, 0.4) is 0 Å². The van der Waals surface area contributed by atoms with Gasteiger partial charge in [0.25, 0.3) is 0 Å². The fourth-order valence-corrected chi connectivity index (χ4v) is 3.24. The van der Waals surface area contributed by atoms with Gasteiger partial charge in [-0.25, -0.2) is 4.98 Å². The number of nitrogens with one attached hydrogen (secondary N) is 2. The van der Waals surface area contributed by atoms with Crippen molar-refractivity contribution in [3.63, 3.8) is 0 Å². The predicted octanol–water partition coefficient (Wildman–Crippen LogP) is 3.88. The van der Waals surface area contributed by atoms with Crippen LogP contribution in [0.4, 0.5) is 5.69 Å². The average molecular weight is 344 g/mol. The molecule has 23 heavy (non-hydrogen) atoms. The molecule has 2 aromatic heterocycles. The van der Waals surface area contributed by atoms with E-state index in [1.165, 1.54) is 17.3 Å². The zero-order valence-electron chi connectivity index (χ0n) is 12.8. The van der Waals surface area contributed by atoms with Crippen molar-refractivity contribution in [1.29, 1.82) is 0 Å². The lowest BCUT2D eigenvalue weighted by Gasteiger charge is -2.06. The molecule has 5 nitrogen and oxygen atoms in total. The van der Waals surface area contributed by atoms with Crippen molar-refractivity contribution in [2.75, 3.05) is 11.1 Å². The van der Waals surface area contributed by atoms with E-state index in [1.54, 1.807) is 11.3 Å². The zero-order valence-corrected chi connectivity index (χ0v) is 14.4. The van der Waals surface area contributed by atoms with Crippen molar-refractivity contribution in [3.8, 4) is 10.7 Å². The molecule has 118 valence electrons. The van der Waals surface area contributed by atoms with Gasteiger partial charge in [0.15, 0.2) is 5.82 Å². The minimum absolute atomic E-state index is 0.0688. The summed E-state index contributed by atoms with van der Waals surface area (Å²) in [4.78, 5) is 17.4. The third-order valence-electron chi connectivity index (χ3n) is 3.34. The highest BCUT2D eigenvalue weighted by atomic mass is 32.2. The molecule has 0 aliphatic heterocycles. The van der Waals surface area contributed by atoms with Gasteiger partial charge in [0.05, 0.1) is 10.6 Å². The number of H-pyrrole nitrogens is 1. The first kappa shape index (κ1) is 15.8. The van der Waals surface area contributed by atoms with Crippen LogP contribution in [-0.4, -0.2) is 26.8 Å². The number of aromatic amines is 1. The standard InChI is InChI=1S/C16H16N4OS2/c1-10-5-6-12(8-11(10)2)17-14(21)9-23-16-18-15(19-20-16)13-4-3-7-22-13/h3-8H,9H2,1-2H3,(H,17,21)(H,18,19,20). The number of aryl methyl sites for hydroxylation is 2. The number of amides is 1. The highest BCUT2D eigenvalue weighted by Crippen LogP contribution is 2.23. The SMILES string of the molecule is Cc1ccc(NC(=O)CSc2n[nH]c(-c3cccs3)n2)cc1C. The van der Waals surface area contributed by atoms with Crippen LogP contribution < -0.4 is 5.32 Å². The van der Waals surface area contributed by atoms with E-state index in [9.17, 15) is 4.79 Å². The first-order valence-corrected chi connectivity index (χ1v) is 8.94. The molecule has 0 aliphatic rings. The van der Waals surface area contributed by atoms with E-state index in [-0.39, 0.29) is 11.7 Å². The molecule has 0 spiro atoms. The molecule has 3 aromatic rings. The Morgan fingerprint density at radius 1 is 1.30 bits per heavy atom. The molecule has 0 saturated carbocycles. The molecule has 3 rings (SSSR count). The Hall–Kier alpha value is -2.12. The van der Waals surface area contributed by atoms with Crippen LogP contribution >= 0.6 is 23.1 Å². The summed E-state index contributed by atoms with van der Waals surface area (Å²) >= 11 is 2.91. The molecule has 0 fully saturated rings. The number of rotatable bonds is 5. The van der Waals surface area contributed by atoms with Gasteiger partial charge in [-0.2, -0.15) is 0 Å². The summed E-state index contributed by atoms with van der Waals surface area (Å²) in [5, 5.41) is 12.5. The van der Waals surface area contributed by atoms with Gasteiger partial charge in [0, 0.05) is 5.69 Å². The number of nitrogens with zero attached hydrogens (tertiary/aromatic N) is 2. The van der Waals surface area contributed by atoms with Gasteiger partial charge < -0.3 is 5.32 Å².